The van der Waals surface area contributed by atoms with Gasteiger partial charge in [-0.3, -0.25) is 4.79 Å². The number of aliphatic carboxylic acids is 1. The molecule has 98 valence electrons. The summed E-state index contributed by atoms with van der Waals surface area (Å²) in [6, 6.07) is 2.94. The molecule has 0 spiro atoms. The van der Waals surface area contributed by atoms with E-state index < -0.39 is 29.0 Å². The van der Waals surface area contributed by atoms with E-state index in [1.54, 1.807) is 0 Å². The number of carbonyl (C=O) groups excluding carboxylic acids is 1. The first kappa shape index (κ1) is 14.0. The predicted octanol–water partition coefficient (Wildman–Crippen LogP) is 1.47. The fourth-order valence-electron chi connectivity index (χ4n) is 1.26. The van der Waals surface area contributed by atoms with Gasteiger partial charge >= 0.3 is 5.97 Å². The second-order valence-corrected chi connectivity index (χ2v) is 4.39. The molecule has 1 aromatic carbocycles. The number of carboxylic acid groups (broad SMARTS) is 1. The van der Waals surface area contributed by atoms with E-state index in [-0.39, 0.29) is 5.56 Å². The lowest BCUT2D eigenvalue weighted by atomic mass is 10.0. The van der Waals surface area contributed by atoms with Crippen LogP contribution in [0.25, 0.3) is 0 Å². The molecule has 6 heteroatoms. The normalized spacial score (nSPS) is 11.1. The van der Waals surface area contributed by atoms with Gasteiger partial charge in [-0.1, -0.05) is 0 Å². The van der Waals surface area contributed by atoms with E-state index in [1.165, 1.54) is 20.9 Å². The van der Waals surface area contributed by atoms with Gasteiger partial charge in [-0.15, -0.1) is 0 Å². The van der Waals surface area contributed by atoms with Gasteiger partial charge in [-0.25, -0.2) is 9.18 Å². The molecule has 0 aliphatic rings. The Morgan fingerprint density at radius 3 is 2.33 bits per heavy atom. The van der Waals surface area contributed by atoms with Crippen LogP contribution in [-0.4, -0.2) is 39.6 Å². The third-order valence-corrected chi connectivity index (χ3v) is 2.86. The van der Waals surface area contributed by atoms with E-state index in [0.29, 0.717) is 0 Å². The molecule has 0 unspecified atom stereocenters. The van der Waals surface area contributed by atoms with Crippen LogP contribution in [0.5, 0.6) is 5.75 Å². The second-order valence-electron chi connectivity index (χ2n) is 4.39. The van der Waals surface area contributed by atoms with E-state index in [2.05, 4.69) is 0 Å². The molecule has 0 heterocycles. The lowest BCUT2D eigenvalue weighted by Gasteiger charge is -2.31. The number of halogens is 1. The minimum absolute atomic E-state index is 0.145. The maximum absolute atomic E-state index is 12.8. The molecule has 0 bridgehead atoms. The topological polar surface area (TPSA) is 77.8 Å². The van der Waals surface area contributed by atoms with Crippen molar-refractivity contribution in [1.82, 2.24) is 4.90 Å². The number of likely N-dealkylation sites (N-methyl/N-ethyl adjacent to an activating group) is 1. The molecule has 1 rings (SSSR count). The number of nitrogens with zero attached hydrogens (tertiary/aromatic N) is 1. The summed E-state index contributed by atoms with van der Waals surface area (Å²) < 4.78 is 12.8. The highest BCUT2D eigenvalue weighted by molar-refractivity contribution is 5.99. The van der Waals surface area contributed by atoms with Crippen LogP contribution in [0.2, 0.25) is 0 Å². The van der Waals surface area contributed by atoms with Crippen LogP contribution in [0.15, 0.2) is 18.2 Å². The van der Waals surface area contributed by atoms with Crippen molar-refractivity contribution in [3.8, 4) is 5.75 Å². The van der Waals surface area contributed by atoms with Gasteiger partial charge < -0.3 is 15.1 Å². The van der Waals surface area contributed by atoms with Crippen LogP contribution in [0.1, 0.15) is 24.2 Å². The fraction of sp³-hybridized carbons (Fsp3) is 0.333. The molecule has 0 aliphatic carbocycles. The van der Waals surface area contributed by atoms with E-state index in [0.717, 1.165) is 23.1 Å². The maximum atomic E-state index is 12.8. The quantitative estimate of drug-likeness (QED) is 0.857. The number of hydrogen-bond acceptors (Lipinski definition) is 3. The summed E-state index contributed by atoms with van der Waals surface area (Å²) in [4.78, 5) is 24.0. The number of amides is 1. The lowest BCUT2D eigenvalue weighted by molar-refractivity contribution is -0.147. The van der Waals surface area contributed by atoms with Gasteiger partial charge in [0.25, 0.3) is 5.91 Å². The van der Waals surface area contributed by atoms with Crippen LogP contribution in [0.4, 0.5) is 4.39 Å². The predicted molar refractivity (Wildman–Crippen MR) is 61.9 cm³/mol. The number of benzene rings is 1. The van der Waals surface area contributed by atoms with Crippen molar-refractivity contribution in [2.24, 2.45) is 0 Å². The molecule has 18 heavy (non-hydrogen) atoms. The molecule has 0 aromatic heterocycles. The molecule has 0 saturated heterocycles. The van der Waals surface area contributed by atoms with Gasteiger partial charge in [0.1, 0.15) is 17.1 Å². The highest BCUT2D eigenvalue weighted by atomic mass is 19.1. The Kier molecular flexibility index (Phi) is 3.59. The summed E-state index contributed by atoms with van der Waals surface area (Å²) in [6.07, 6.45) is 0. The Hall–Kier alpha value is -2.11. The Bertz CT molecular complexity index is 499. The number of carbonyl (C=O) groups is 2. The molecule has 5 nitrogen and oxygen atoms in total. The van der Waals surface area contributed by atoms with Gasteiger partial charge in [0.15, 0.2) is 0 Å². The van der Waals surface area contributed by atoms with Crippen LogP contribution in [-0.2, 0) is 4.79 Å². The summed E-state index contributed by atoms with van der Waals surface area (Å²) in [5.74, 6) is -3.07. The second kappa shape index (κ2) is 4.64. The van der Waals surface area contributed by atoms with Crippen LogP contribution >= 0.6 is 0 Å². The zero-order chi connectivity index (χ0) is 14.1. The molecule has 0 radical (unpaired) electrons. The minimum Gasteiger partial charge on any atom is -0.507 e. The number of hydrogen-bond donors (Lipinski definition) is 2. The van der Waals surface area contributed by atoms with Crippen molar-refractivity contribution in [1.29, 1.82) is 0 Å². The van der Waals surface area contributed by atoms with E-state index >= 15 is 0 Å². The van der Waals surface area contributed by atoms with E-state index in [1.807, 2.05) is 0 Å². The molecule has 1 aromatic rings. The van der Waals surface area contributed by atoms with Gasteiger partial charge in [-0.05, 0) is 26.0 Å². The number of phenols is 1. The Labute approximate surface area is 103 Å². The van der Waals surface area contributed by atoms with Crippen LogP contribution < -0.4 is 0 Å². The van der Waals surface area contributed by atoms with Crippen LogP contribution in [0.3, 0.4) is 0 Å². The third-order valence-electron chi connectivity index (χ3n) is 2.86. The smallest absolute Gasteiger partial charge is 0.329 e. The standard InChI is InChI=1S/C12H14FNO4/c1-12(2,11(17)18)14(3)10(16)8-5-4-7(13)6-9(8)15/h4-6,15H,1-3H3,(H,17,18). The summed E-state index contributed by atoms with van der Waals surface area (Å²) in [6.45, 7) is 2.71. The molecule has 0 atom stereocenters. The number of aromatic hydroxyl groups is 1. The zero-order valence-electron chi connectivity index (χ0n) is 10.3. The molecular weight excluding hydrogens is 241 g/mol. The van der Waals surface area contributed by atoms with E-state index in [4.69, 9.17) is 5.11 Å². The van der Waals surface area contributed by atoms with Crippen molar-refractivity contribution < 1.29 is 24.2 Å². The molecular formula is C12H14FNO4. The number of rotatable bonds is 3. The van der Waals surface area contributed by atoms with Crippen molar-refractivity contribution in [3.05, 3.63) is 29.6 Å². The van der Waals surface area contributed by atoms with E-state index in [9.17, 15) is 19.1 Å². The molecule has 1 amide bonds. The number of phenolic OH excluding ortho intramolecular Hbond substituents is 1. The first-order valence-electron chi connectivity index (χ1n) is 5.18. The van der Waals surface area contributed by atoms with Crippen LogP contribution in [0, 0.1) is 5.82 Å². The SMILES string of the molecule is CN(C(=O)c1ccc(F)cc1O)C(C)(C)C(=O)O. The van der Waals surface area contributed by atoms with Gasteiger partial charge in [0.05, 0.1) is 5.56 Å². The number of carboxylic acids is 1. The van der Waals surface area contributed by atoms with Crippen molar-refractivity contribution in [3.63, 3.8) is 0 Å². The first-order valence-corrected chi connectivity index (χ1v) is 5.18. The molecule has 0 fully saturated rings. The summed E-state index contributed by atoms with van der Waals surface area (Å²) in [5, 5.41) is 18.5. The summed E-state index contributed by atoms with van der Waals surface area (Å²) in [5.41, 5.74) is -1.58. The Morgan fingerprint density at radius 1 is 1.33 bits per heavy atom. The average molecular weight is 255 g/mol. The first-order chi connectivity index (χ1) is 8.17. The highest BCUT2D eigenvalue weighted by Crippen LogP contribution is 2.23. The molecule has 0 saturated carbocycles. The lowest BCUT2D eigenvalue weighted by Crippen LogP contribution is -2.50. The zero-order valence-corrected chi connectivity index (χ0v) is 10.3. The minimum atomic E-state index is -1.43. The summed E-state index contributed by atoms with van der Waals surface area (Å²) in [7, 11) is 1.30. The van der Waals surface area contributed by atoms with Crippen molar-refractivity contribution in [2.75, 3.05) is 7.05 Å². The van der Waals surface area contributed by atoms with Crippen molar-refractivity contribution >= 4 is 11.9 Å². The average Bonchev–Trinajstić information content (AvgIpc) is 2.26. The third kappa shape index (κ3) is 2.42. The highest BCUT2D eigenvalue weighted by Gasteiger charge is 2.36. The summed E-state index contributed by atoms with van der Waals surface area (Å²) >= 11 is 0. The molecule has 2 N–H and O–H groups in total. The maximum Gasteiger partial charge on any atom is 0.329 e. The Morgan fingerprint density at radius 2 is 1.89 bits per heavy atom. The van der Waals surface area contributed by atoms with Gasteiger partial charge in [-0.2, -0.15) is 0 Å². The Balaban J connectivity index is 3.11. The fourth-order valence-corrected chi connectivity index (χ4v) is 1.26. The largest absolute Gasteiger partial charge is 0.507 e. The van der Waals surface area contributed by atoms with Crippen molar-refractivity contribution in [2.45, 2.75) is 19.4 Å². The monoisotopic (exact) mass is 255 g/mol. The van der Waals surface area contributed by atoms with Gasteiger partial charge in [0, 0.05) is 13.1 Å². The molecule has 0 aliphatic heterocycles. The van der Waals surface area contributed by atoms with Gasteiger partial charge in [0.2, 0.25) is 0 Å².